The third-order valence-electron chi connectivity index (χ3n) is 2.75. The molecular weight excluding hydrogens is 202 g/mol. The highest BCUT2D eigenvalue weighted by Gasteiger charge is 2.22. The lowest BCUT2D eigenvalue weighted by Gasteiger charge is -2.29. The van der Waals surface area contributed by atoms with Crippen molar-refractivity contribution in [2.45, 2.75) is 39.0 Å². The number of hydrogen-bond acceptors (Lipinski definition) is 3. The van der Waals surface area contributed by atoms with Gasteiger partial charge >= 0.3 is 0 Å². The molecule has 1 N–H and O–H groups in total. The Morgan fingerprint density at radius 3 is 2.94 bits per heavy atom. The molecule has 1 heterocycles. The summed E-state index contributed by atoms with van der Waals surface area (Å²) in [5.41, 5.74) is 1.19. The predicted molar refractivity (Wildman–Crippen MR) is 64.0 cm³/mol. The summed E-state index contributed by atoms with van der Waals surface area (Å²) in [5.74, 6) is 1.88. The molecule has 1 aliphatic rings. The third kappa shape index (κ3) is 2.30. The molecule has 0 spiro atoms. The van der Waals surface area contributed by atoms with E-state index >= 15 is 0 Å². The van der Waals surface area contributed by atoms with Crippen LogP contribution in [0.5, 0.6) is 11.5 Å². The zero-order valence-corrected chi connectivity index (χ0v) is 10.1. The number of nitrogens with one attached hydrogen (secondary N) is 1. The summed E-state index contributed by atoms with van der Waals surface area (Å²) in [6.45, 7) is 4.26. The molecule has 1 aromatic carbocycles. The molecule has 0 bridgehead atoms. The molecular formula is C13H19NO2. The van der Waals surface area contributed by atoms with E-state index in [9.17, 15) is 0 Å². The first-order chi connectivity index (χ1) is 7.70. The van der Waals surface area contributed by atoms with Crippen LogP contribution < -0.4 is 14.8 Å². The van der Waals surface area contributed by atoms with Crippen LogP contribution in [0.25, 0.3) is 0 Å². The van der Waals surface area contributed by atoms with Crippen molar-refractivity contribution in [2.24, 2.45) is 0 Å². The van der Waals surface area contributed by atoms with Crippen molar-refractivity contribution in [1.82, 2.24) is 5.32 Å². The van der Waals surface area contributed by atoms with E-state index < -0.39 is 0 Å². The maximum atomic E-state index is 5.89. The third-order valence-corrected chi connectivity index (χ3v) is 2.75. The molecule has 0 amide bonds. The second-order valence-corrected chi connectivity index (χ2v) is 4.40. The van der Waals surface area contributed by atoms with Crippen LogP contribution >= 0.6 is 0 Å². The molecule has 0 saturated heterocycles. The van der Waals surface area contributed by atoms with Crippen LogP contribution in [-0.4, -0.2) is 19.4 Å². The number of benzene rings is 1. The zero-order valence-electron chi connectivity index (χ0n) is 10.1. The molecule has 0 saturated carbocycles. The maximum absolute atomic E-state index is 5.89. The van der Waals surface area contributed by atoms with Gasteiger partial charge in [-0.25, -0.2) is 0 Å². The number of fused-ring (bicyclic) bond motifs is 1. The second-order valence-electron chi connectivity index (χ2n) is 4.40. The average Bonchev–Trinajstić information content (AvgIpc) is 2.27. The van der Waals surface area contributed by atoms with E-state index in [1.54, 1.807) is 7.11 Å². The molecule has 0 radical (unpaired) electrons. The fourth-order valence-electron chi connectivity index (χ4n) is 2.07. The van der Waals surface area contributed by atoms with Gasteiger partial charge in [0.05, 0.1) is 7.11 Å². The summed E-state index contributed by atoms with van der Waals surface area (Å²) in [6, 6.07) is 6.40. The second kappa shape index (κ2) is 4.74. The molecule has 3 nitrogen and oxygen atoms in total. The smallest absolute Gasteiger partial charge is 0.150 e. The zero-order chi connectivity index (χ0) is 11.5. The monoisotopic (exact) mass is 221 g/mol. The van der Waals surface area contributed by atoms with Crippen molar-refractivity contribution in [3.8, 4) is 11.5 Å². The van der Waals surface area contributed by atoms with Crippen molar-refractivity contribution in [2.75, 3.05) is 7.11 Å². The molecule has 3 heteroatoms. The van der Waals surface area contributed by atoms with Crippen molar-refractivity contribution in [1.29, 1.82) is 0 Å². The van der Waals surface area contributed by atoms with Crippen LogP contribution in [-0.2, 0) is 6.42 Å². The first-order valence-corrected chi connectivity index (χ1v) is 5.79. The quantitative estimate of drug-likeness (QED) is 0.849. The van der Waals surface area contributed by atoms with Crippen molar-refractivity contribution in [3.05, 3.63) is 23.8 Å². The molecule has 1 unspecified atom stereocenters. The van der Waals surface area contributed by atoms with E-state index in [-0.39, 0.29) is 6.23 Å². The van der Waals surface area contributed by atoms with Crippen molar-refractivity contribution in [3.63, 3.8) is 0 Å². The maximum Gasteiger partial charge on any atom is 0.150 e. The van der Waals surface area contributed by atoms with Gasteiger partial charge < -0.3 is 9.47 Å². The SMILES string of the molecule is COc1cccc2c1CCC(NC(C)C)O2. The Hall–Kier alpha value is -1.22. The molecule has 1 aliphatic heterocycles. The van der Waals surface area contributed by atoms with Gasteiger partial charge in [-0.05, 0) is 32.4 Å². The molecule has 1 atom stereocenters. The first-order valence-electron chi connectivity index (χ1n) is 5.79. The number of ether oxygens (including phenoxy) is 2. The van der Waals surface area contributed by atoms with Crippen LogP contribution in [0.2, 0.25) is 0 Å². The Bertz CT molecular complexity index is 363. The topological polar surface area (TPSA) is 30.5 Å². The lowest BCUT2D eigenvalue weighted by atomic mass is 10.0. The van der Waals surface area contributed by atoms with Crippen LogP contribution in [0.15, 0.2) is 18.2 Å². The Morgan fingerprint density at radius 1 is 1.44 bits per heavy atom. The molecule has 0 fully saturated rings. The number of hydrogen-bond donors (Lipinski definition) is 1. The summed E-state index contributed by atoms with van der Waals surface area (Å²) in [5, 5.41) is 3.40. The Balaban J connectivity index is 2.15. The average molecular weight is 221 g/mol. The normalized spacial score (nSPS) is 19.1. The van der Waals surface area contributed by atoms with Gasteiger partial charge in [-0.1, -0.05) is 6.07 Å². The standard InChI is InChI=1S/C13H19NO2/c1-9(2)14-13-8-7-10-11(15-3)5-4-6-12(10)16-13/h4-6,9,13-14H,7-8H2,1-3H3. The van der Waals surface area contributed by atoms with Crippen molar-refractivity contribution < 1.29 is 9.47 Å². The molecule has 16 heavy (non-hydrogen) atoms. The minimum absolute atomic E-state index is 0.125. The van der Waals surface area contributed by atoms with Gasteiger partial charge in [0.2, 0.25) is 0 Å². The summed E-state index contributed by atoms with van der Waals surface area (Å²) >= 11 is 0. The largest absolute Gasteiger partial charge is 0.496 e. The van der Waals surface area contributed by atoms with Gasteiger partial charge in [0.25, 0.3) is 0 Å². The van der Waals surface area contributed by atoms with Crippen LogP contribution in [0, 0.1) is 0 Å². The van der Waals surface area contributed by atoms with Gasteiger partial charge in [-0.2, -0.15) is 0 Å². The van der Waals surface area contributed by atoms with Crippen LogP contribution in [0.1, 0.15) is 25.8 Å². The van der Waals surface area contributed by atoms with Gasteiger partial charge in [0.15, 0.2) is 6.23 Å². The highest BCUT2D eigenvalue weighted by atomic mass is 16.5. The Labute approximate surface area is 96.8 Å². The van der Waals surface area contributed by atoms with Gasteiger partial charge in [0, 0.05) is 18.0 Å². The van der Waals surface area contributed by atoms with E-state index in [1.807, 2.05) is 18.2 Å². The Morgan fingerprint density at radius 2 is 2.25 bits per heavy atom. The fraction of sp³-hybridized carbons (Fsp3) is 0.538. The van der Waals surface area contributed by atoms with Crippen LogP contribution in [0.4, 0.5) is 0 Å². The minimum atomic E-state index is 0.125. The predicted octanol–water partition coefficient (Wildman–Crippen LogP) is 2.34. The van der Waals surface area contributed by atoms with E-state index in [0.29, 0.717) is 6.04 Å². The minimum Gasteiger partial charge on any atom is -0.496 e. The first kappa shape index (κ1) is 11.3. The molecule has 2 rings (SSSR count). The number of rotatable bonds is 3. The molecule has 1 aromatic rings. The van der Waals surface area contributed by atoms with E-state index in [4.69, 9.17) is 9.47 Å². The highest BCUT2D eigenvalue weighted by Crippen LogP contribution is 2.33. The van der Waals surface area contributed by atoms with Gasteiger partial charge in [-0.3, -0.25) is 5.32 Å². The summed E-state index contributed by atoms with van der Waals surface area (Å²) < 4.78 is 11.2. The Kier molecular flexibility index (Phi) is 3.34. The highest BCUT2D eigenvalue weighted by molar-refractivity contribution is 5.45. The summed E-state index contributed by atoms with van der Waals surface area (Å²) in [4.78, 5) is 0. The van der Waals surface area contributed by atoms with Crippen LogP contribution in [0.3, 0.4) is 0 Å². The van der Waals surface area contributed by atoms with Gasteiger partial charge in [0.1, 0.15) is 11.5 Å². The molecule has 0 aromatic heterocycles. The molecule has 88 valence electrons. The van der Waals surface area contributed by atoms with E-state index in [2.05, 4.69) is 19.2 Å². The molecule has 0 aliphatic carbocycles. The van der Waals surface area contributed by atoms with E-state index in [1.165, 1.54) is 5.56 Å². The van der Waals surface area contributed by atoms with Crippen molar-refractivity contribution >= 4 is 0 Å². The lowest BCUT2D eigenvalue weighted by molar-refractivity contribution is 0.127. The van der Waals surface area contributed by atoms with Gasteiger partial charge in [-0.15, -0.1) is 0 Å². The fourth-order valence-corrected chi connectivity index (χ4v) is 2.07. The lowest BCUT2D eigenvalue weighted by Crippen LogP contribution is -2.41. The summed E-state index contributed by atoms with van der Waals surface area (Å²) in [7, 11) is 1.70. The number of methoxy groups -OCH3 is 1. The van der Waals surface area contributed by atoms with E-state index in [0.717, 1.165) is 24.3 Å². The summed E-state index contributed by atoms with van der Waals surface area (Å²) in [6.07, 6.45) is 2.12.